The van der Waals surface area contributed by atoms with Crippen LogP contribution >= 0.6 is 15.9 Å². The van der Waals surface area contributed by atoms with Gasteiger partial charge in [-0.3, -0.25) is 14.4 Å². The Kier molecular flexibility index (Phi) is 8.43. The topological polar surface area (TPSA) is 118 Å². The predicted molar refractivity (Wildman–Crippen MR) is 154 cm³/mol. The zero-order chi connectivity index (χ0) is 27.9. The van der Waals surface area contributed by atoms with E-state index in [0.29, 0.717) is 43.1 Å². The normalized spacial score (nSPS) is 13.3. The molecule has 1 fully saturated rings. The molecule has 40 heavy (non-hydrogen) atoms. The number of amides is 3. The summed E-state index contributed by atoms with van der Waals surface area (Å²) in [5.41, 5.74) is 5.78. The maximum atomic E-state index is 13.0. The third-order valence-electron chi connectivity index (χ3n) is 6.16. The van der Waals surface area contributed by atoms with Gasteiger partial charge in [-0.15, -0.1) is 0 Å². The van der Waals surface area contributed by atoms with E-state index in [2.05, 4.69) is 31.8 Å². The summed E-state index contributed by atoms with van der Waals surface area (Å²) in [5.74, 6) is -2.17. The van der Waals surface area contributed by atoms with Crippen LogP contribution in [0.25, 0.3) is 16.9 Å². The molecule has 4 aromatic rings. The van der Waals surface area contributed by atoms with Gasteiger partial charge in [-0.2, -0.15) is 10.2 Å². The van der Waals surface area contributed by atoms with Gasteiger partial charge in [0.15, 0.2) is 0 Å². The number of carbonyl (C=O) groups is 3. The molecule has 0 bridgehead atoms. The van der Waals surface area contributed by atoms with E-state index in [9.17, 15) is 14.4 Å². The van der Waals surface area contributed by atoms with Crippen LogP contribution in [-0.2, 0) is 14.3 Å². The summed E-state index contributed by atoms with van der Waals surface area (Å²) in [7, 11) is 0. The fraction of sp³-hybridized carbons (Fsp3) is 0.138. The lowest BCUT2D eigenvalue weighted by molar-refractivity contribution is -0.136. The van der Waals surface area contributed by atoms with Crippen molar-refractivity contribution in [3.8, 4) is 16.9 Å². The Morgan fingerprint density at radius 1 is 0.900 bits per heavy atom. The van der Waals surface area contributed by atoms with Crippen LogP contribution in [0.3, 0.4) is 0 Å². The molecule has 1 aliphatic heterocycles. The Hall–Kier alpha value is -4.61. The van der Waals surface area contributed by atoms with Crippen molar-refractivity contribution >= 4 is 45.6 Å². The Bertz CT molecular complexity index is 1550. The van der Waals surface area contributed by atoms with E-state index in [1.165, 1.54) is 6.21 Å². The van der Waals surface area contributed by atoms with Crippen molar-refractivity contribution in [3.05, 3.63) is 101 Å². The summed E-state index contributed by atoms with van der Waals surface area (Å²) in [5, 5.41) is 11.2. The lowest BCUT2D eigenvalue weighted by atomic mass is 10.1. The van der Waals surface area contributed by atoms with E-state index >= 15 is 0 Å². The highest BCUT2D eigenvalue weighted by Crippen LogP contribution is 2.24. The van der Waals surface area contributed by atoms with Gasteiger partial charge in [0.1, 0.15) is 5.69 Å². The average Bonchev–Trinajstić information content (AvgIpc) is 3.42. The number of nitrogens with one attached hydrogen (secondary N) is 2. The van der Waals surface area contributed by atoms with E-state index in [1.807, 2.05) is 54.6 Å². The standard InChI is InChI=1S/C29H25BrN6O4/c30-22-12-10-20(11-13-22)26-21(19-36(34-26)23-6-2-1-3-7-23)18-31-33-28(38)27(37)32-25-9-5-4-8-24(25)29(39)35-14-16-40-17-15-35/h1-13,18-19H,14-17H2,(H,32,37)(H,33,38)/b31-18-. The van der Waals surface area contributed by atoms with Gasteiger partial charge < -0.3 is 15.0 Å². The van der Waals surface area contributed by atoms with Crippen LogP contribution in [0, 0.1) is 0 Å². The van der Waals surface area contributed by atoms with Crippen LogP contribution in [0.4, 0.5) is 5.69 Å². The quantitative estimate of drug-likeness (QED) is 0.198. The van der Waals surface area contributed by atoms with E-state index in [0.717, 1.165) is 15.7 Å². The van der Waals surface area contributed by atoms with Crippen molar-refractivity contribution in [1.29, 1.82) is 0 Å². The fourth-order valence-electron chi connectivity index (χ4n) is 4.13. The van der Waals surface area contributed by atoms with Gasteiger partial charge in [0.25, 0.3) is 5.91 Å². The summed E-state index contributed by atoms with van der Waals surface area (Å²) in [6.07, 6.45) is 3.22. The minimum atomic E-state index is -0.981. The molecule has 0 saturated carbocycles. The first-order valence-electron chi connectivity index (χ1n) is 12.5. The molecular weight excluding hydrogens is 576 g/mol. The Balaban J connectivity index is 1.30. The highest BCUT2D eigenvalue weighted by Gasteiger charge is 2.23. The average molecular weight is 601 g/mol. The number of aromatic nitrogens is 2. The van der Waals surface area contributed by atoms with Gasteiger partial charge in [0.2, 0.25) is 0 Å². The Labute approximate surface area is 238 Å². The number of ether oxygens (including phenoxy) is 1. The minimum Gasteiger partial charge on any atom is -0.378 e. The number of benzene rings is 3. The number of morpholine rings is 1. The van der Waals surface area contributed by atoms with E-state index in [-0.39, 0.29) is 11.6 Å². The van der Waals surface area contributed by atoms with Crippen molar-refractivity contribution in [1.82, 2.24) is 20.1 Å². The monoisotopic (exact) mass is 600 g/mol. The SMILES string of the molecule is O=C(N/N=C\c1cn(-c2ccccc2)nc1-c1ccc(Br)cc1)C(=O)Nc1ccccc1C(=O)N1CCOCC1. The van der Waals surface area contributed by atoms with E-state index in [4.69, 9.17) is 9.84 Å². The molecule has 10 nitrogen and oxygen atoms in total. The zero-order valence-corrected chi connectivity index (χ0v) is 22.9. The second-order valence-corrected chi connectivity index (χ2v) is 9.74. The first-order chi connectivity index (χ1) is 19.5. The van der Waals surface area contributed by atoms with E-state index < -0.39 is 11.8 Å². The van der Waals surface area contributed by atoms with Crippen LogP contribution in [0.2, 0.25) is 0 Å². The number of halogens is 1. The number of anilines is 1. The molecule has 2 N–H and O–H groups in total. The highest BCUT2D eigenvalue weighted by molar-refractivity contribution is 9.10. The largest absolute Gasteiger partial charge is 0.378 e. The zero-order valence-electron chi connectivity index (χ0n) is 21.3. The number of hydrogen-bond acceptors (Lipinski definition) is 6. The molecule has 1 aromatic heterocycles. The molecular formula is C29H25BrN6O4. The molecule has 3 aromatic carbocycles. The number of rotatable bonds is 6. The predicted octanol–water partition coefficient (Wildman–Crippen LogP) is 3.86. The molecule has 1 aliphatic rings. The molecule has 3 amide bonds. The number of hydrazone groups is 1. The number of para-hydroxylation sites is 2. The summed E-state index contributed by atoms with van der Waals surface area (Å²) < 4.78 is 7.95. The second-order valence-electron chi connectivity index (χ2n) is 8.82. The lowest BCUT2D eigenvalue weighted by Gasteiger charge is -2.27. The molecule has 202 valence electrons. The highest BCUT2D eigenvalue weighted by atomic mass is 79.9. The van der Waals surface area contributed by atoms with Gasteiger partial charge in [0.05, 0.1) is 36.4 Å². The second kappa shape index (κ2) is 12.5. The maximum Gasteiger partial charge on any atom is 0.329 e. The van der Waals surface area contributed by atoms with Gasteiger partial charge in [0, 0.05) is 34.9 Å². The van der Waals surface area contributed by atoms with Gasteiger partial charge in [-0.1, -0.05) is 58.4 Å². The Morgan fingerprint density at radius 3 is 2.35 bits per heavy atom. The first-order valence-corrected chi connectivity index (χ1v) is 13.3. The van der Waals surface area contributed by atoms with E-state index in [1.54, 1.807) is 40.0 Å². The fourth-order valence-corrected chi connectivity index (χ4v) is 4.40. The Morgan fingerprint density at radius 2 is 1.60 bits per heavy atom. The van der Waals surface area contributed by atoms with Crippen molar-refractivity contribution < 1.29 is 19.1 Å². The van der Waals surface area contributed by atoms with Crippen molar-refractivity contribution in [3.63, 3.8) is 0 Å². The summed E-state index contributed by atoms with van der Waals surface area (Å²) in [4.78, 5) is 39.8. The molecule has 0 radical (unpaired) electrons. The summed E-state index contributed by atoms with van der Waals surface area (Å²) in [6.45, 7) is 1.82. The summed E-state index contributed by atoms with van der Waals surface area (Å²) >= 11 is 3.44. The van der Waals surface area contributed by atoms with Crippen LogP contribution in [0.5, 0.6) is 0 Å². The number of carbonyl (C=O) groups excluding carboxylic acids is 3. The molecule has 0 unspecified atom stereocenters. The van der Waals surface area contributed by atoms with Crippen LogP contribution in [-0.4, -0.2) is 64.9 Å². The van der Waals surface area contributed by atoms with Crippen LogP contribution < -0.4 is 10.7 Å². The third-order valence-corrected chi connectivity index (χ3v) is 6.69. The van der Waals surface area contributed by atoms with Crippen LogP contribution in [0.1, 0.15) is 15.9 Å². The van der Waals surface area contributed by atoms with Crippen molar-refractivity contribution in [2.45, 2.75) is 0 Å². The van der Waals surface area contributed by atoms with Crippen molar-refractivity contribution in [2.24, 2.45) is 5.10 Å². The smallest absolute Gasteiger partial charge is 0.329 e. The maximum absolute atomic E-state index is 13.0. The van der Waals surface area contributed by atoms with Gasteiger partial charge in [-0.25, -0.2) is 10.1 Å². The van der Waals surface area contributed by atoms with Crippen molar-refractivity contribution in [2.75, 3.05) is 31.6 Å². The van der Waals surface area contributed by atoms with Gasteiger partial charge >= 0.3 is 11.8 Å². The molecule has 2 heterocycles. The molecule has 0 atom stereocenters. The number of nitrogens with zero attached hydrogens (tertiary/aromatic N) is 4. The minimum absolute atomic E-state index is 0.241. The molecule has 0 aliphatic carbocycles. The first kappa shape index (κ1) is 27.0. The van der Waals surface area contributed by atoms with Gasteiger partial charge in [-0.05, 0) is 36.4 Å². The van der Waals surface area contributed by atoms with Crippen LogP contribution in [0.15, 0.2) is 94.6 Å². The molecule has 5 rings (SSSR count). The third kappa shape index (κ3) is 6.33. The molecule has 11 heteroatoms. The lowest BCUT2D eigenvalue weighted by Crippen LogP contribution is -2.41. The molecule has 0 spiro atoms. The summed E-state index contributed by atoms with van der Waals surface area (Å²) in [6, 6.07) is 23.8. The number of hydrogen-bond donors (Lipinski definition) is 2. The molecule has 1 saturated heterocycles.